The number of nitrogens with zero attached hydrogens (tertiary/aromatic N) is 1. The third-order valence-electron chi connectivity index (χ3n) is 3.53. The van der Waals surface area contributed by atoms with Crippen LogP contribution in [0.15, 0.2) is 52.3 Å². The van der Waals surface area contributed by atoms with Crippen molar-refractivity contribution in [2.75, 3.05) is 10.2 Å². The summed E-state index contributed by atoms with van der Waals surface area (Å²) in [5, 5.41) is 12.0. The monoisotopic (exact) mass is 314 g/mol. The fraction of sp³-hybridized carbons (Fsp3) is 0.125. The zero-order chi connectivity index (χ0) is 15.7. The maximum atomic E-state index is 11.5. The van der Waals surface area contributed by atoms with E-state index in [1.807, 2.05) is 41.3 Å². The van der Waals surface area contributed by atoms with E-state index in [9.17, 15) is 14.7 Å². The number of carboxylic acids is 1. The van der Waals surface area contributed by atoms with Crippen LogP contribution >= 0.6 is 11.8 Å². The van der Waals surface area contributed by atoms with Gasteiger partial charge in [-0.25, -0.2) is 4.79 Å². The second-order valence-electron chi connectivity index (χ2n) is 4.90. The molecule has 2 N–H and O–H groups in total. The van der Waals surface area contributed by atoms with Crippen molar-refractivity contribution in [2.24, 2.45) is 0 Å². The molecular weight excluding hydrogens is 300 g/mol. The van der Waals surface area contributed by atoms with Gasteiger partial charge < -0.3 is 15.3 Å². The van der Waals surface area contributed by atoms with Crippen molar-refractivity contribution in [3.8, 4) is 0 Å². The summed E-state index contributed by atoms with van der Waals surface area (Å²) < 4.78 is 0. The van der Waals surface area contributed by atoms with E-state index in [-0.39, 0.29) is 0 Å². The Hall–Kier alpha value is -2.47. The summed E-state index contributed by atoms with van der Waals surface area (Å²) in [5.41, 5.74) is 2.39. The van der Waals surface area contributed by atoms with E-state index in [4.69, 9.17) is 0 Å². The van der Waals surface area contributed by atoms with Crippen LogP contribution in [0.25, 0.3) is 0 Å². The second kappa shape index (κ2) is 5.73. The van der Waals surface area contributed by atoms with Gasteiger partial charge in [-0.1, -0.05) is 23.9 Å². The molecular formula is C16H14N2O3S. The summed E-state index contributed by atoms with van der Waals surface area (Å²) in [4.78, 5) is 25.8. The first-order valence-corrected chi connectivity index (χ1v) is 7.56. The van der Waals surface area contributed by atoms with Crippen molar-refractivity contribution in [2.45, 2.75) is 22.8 Å². The molecule has 0 aromatic heterocycles. The molecule has 0 spiro atoms. The summed E-state index contributed by atoms with van der Waals surface area (Å²) >= 11 is 1.56. The maximum Gasteiger partial charge on any atom is 0.326 e. The Bertz CT molecular complexity index is 748. The van der Waals surface area contributed by atoms with Gasteiger partial charge in [-0.15, -0.1) is 0 Å². The Morgan fingerprint density at radius 1 is 1.23 bits per heavy atom. The maximum absolute atomic E-state index is 11.5. The molecule has 3 rings (SSSR count). The van der Waals surface area contributed by atoms with Crippen molar-refractivity contribution in [1.82, 2.24) is 0 Å². The summed E-state index contributed by atoms with van der Waals surface area (Å²) in [7, 11) is 0. The Labute approximate surface area is 131 Å². The highest BCUT2D eigenvalue weighted by molar-refractivity contribution is 7.99. The Balaban J connectivity index is 2.14. The largest absolute Gasteiger partial charge is 0.480 e. The topological polar surface area (TPSA) is 69.6 Å². The lowest BCUT2D eigenvalue weighted by molar-refractivity contribution is -0.138. The lowest BCUT2D eigenvalue weighted by Crippen LogP contribution is -2.36. The number of fused-ring (bicyclic) bond motifs is 2. The summed E-state index contributed by atoms with van der Waals surface area (Å²) in [5.74, 6) is -0.886. The number of benzene rings is 2. The first kappa shape index (κ1) is 14.5. The van der Waals surface area contributed by atoms with Gasteiger partial charge in [0.15, 0.2) is 0 Å². The molecule has 22 heavy (non-hydrogen) atoms. The van der Waals surface area contributed by atoms with Gasteiger partial charge in [-0.05, 0) is 37.3 Å². The first-order chi connectivity index (χ1) is 10.6. The summed E-state index contributed by atoms with van der Waals surface area (Å²) in [6.07, 6.45) is 0.626. The Morgan fingerprint density at radius 2 is 1.95 bits per heavy atom. The third-order valence-corrected chi connectivity index (χ3v) is 4.65. The van der Waals surface area contributed by atoms with Crippen LogP contribution in [-0.4, -0.2) is 23.5 Å². The minimum absolute atomic E-state index is 0.626. The molecule has 2 aromatic carbocycles. The number of hydrogen-bond acceptors (Lipinski definition) is 4. The quantitative estimate of drug-likeness (QED) is 0.847. The predicted octanol–water partition coefficient (Wildman–Crippen LogP) is 3.33. The zero-order valence-corrected chi connectivity index (χ0v) is 12.6. The minimum atomic E-state index is -0.886. The van der Waals surface area contributed by atoms with E-state index >= 15 is 0 Å². The Morgan fingerprint density at radius 3 is 2.68 bits per heavy atom. The highest BCUT2D eigenvalue weighted by atomic mass is 32.2. The van der Waals surface area contributed by atoms with Crippen molar-refractivity contribution in [1.29, 1.82) is 0 Å². The number of hydrogen-bond donors (Lipinski definition) is 2. The molecule has 1 amide bonds. The van der Waals surface area contributed by atoms with E-state index in [0.717, 1.165) is 21.2 Å². The highest BCUT2D eigenvalue weighted by Gasteiger charge is 2.30. The van der Waals surface area contributed by atoms with E-state index < -0.39 is 12.0 Å². The molecule has 0 saturated carbocycles. The molecule has 0 radical (unpaired) electrons. The number of amides is 1. The SMILES string of the molecule is CC(C(=O)O)N1c2ccccc2Sc2cc(NC=O)ccc21. The van der Waals surface area contributed by atoms with Crippen LogP contribution in [0.1, 0.15) is 6.92 Å². The van der Waals surface area contributed by atoms with Gasteiger partial charge in [0.2, 0.25) is 6.41 Å². The van der Waals surface area contributed by atoms with Gasteiger partial charge in [-0.2, -0.15) is 0 Å². The lowest BCUT2D eigenvalue weighted by atomic mass is 10.1. The van der Waals surface area contributed by atoms with Crippen LogP contribution in [0, 0.1) is 0 Å². The van der Waals surface area contributed by atoms with Crippen LogP contribution in [0.3, 0.4) is 0 Å². The number of nitrogens with one attached hydrogen (secondary N) is 1. The predicted molar refractivity (Wildman–Crippen MR) is 85.9 cm³/mol. The molecule has 2 aromatic rings. The fourth-order valence-electron chi connectivity index (χ4n) is 2.47. The number of carboxylic acid groups (broad SMARTS) is 1. The molecule has 0 aliphatic carbocycles. The van der Waals surface area contributed by atoms with E-state index in [0.29, 0.717) is 12.1 Å². The van der Waals surface area contributed by atoms with E-state index in [1.54, 1.807) is 24.8 Å². The minimum Gasteiger partial charge on any atom is -0.480 e. The molecule has 1 aliphatic rings. The summed E-state index contributed by atoms with van der Waals surface area (Å²) in [6, 6.07) is 12.5. The van der Waals surface area contributed by atoms with Crippen molar-refractivity contribution in [3.63, 3.8) is 0 Å². The number of rotatable bonds is 4. The first-order valence-electron chi connectivity index (χ1n) is 6.75. The smallest absolute Gasteiger partial charge is 0.326 e. The van der Waals surface area contributed by atoms with Crippen LogP contribution in [0.2, 0.25) is 0 Å². The molecule has 6 heteroatoms. The number of carbonyl (C=O) groups excluding carboxylic acids is 1. The Kier molecular flexibility index (Phi) is 3.77. The molecule has 0 fully saturated rings. The van der Waals surface area contributed by atoms with Gasteiger partial charge >= 0.3 is 5.97 Å². The number of para-hydroxylation sites is 1. The van der Waals surface area contributed by atoms with E-state index in [1.165, 1.54) is 0 Å². The summed E-state index contributed by atoms with van der Waals surface area (Å²) in [6.45, 7) is 1.66. The lowest BCUT2D eigenvalue weighted by Gasteiger charge is -2.35. The third kappa shape index (κ3) is 2.42. The van der Waals surface area contributed by atoms with Crippen LogP contribution in [0.5, 0.6) is 0 Å². The van der Waals surface area contributed by atoms with Crippen molar-refractivity contribution < 1.29 is 14.7 Å². The van der Waals surface area contributed by atoms with Crippen LogP contribution in [-0.2, 0) is 9.59 Å². The molecule has 1 aliphatic heterocycles. The van der Waals surface area contributed by atoms with Gasteiger partial charge in [0.05, 0.1) is 11.4 Å². The average Bonchev–Trinajstić information content (AvgIpc) is 2.52. The standard InChI is InChI=1S/C16H14N2O3S/c1-10(16(20)21)18-12-4-2-3-5-14(12)22-15-8-11(17-9-19)6-7-13(15)18/h2-10H,1H3,(H,17,19)(H,20,21). The van der Waals surface area contributed by atoms with Gasteiger partial charge in [0, 0.05) is 15.5 Å². The van der Waals surface area contributed by atoms with E-state index in [2.05, 4.69) is 5.32 Å². The number of carbonyl (C=O) groups is 2. The highest BCUT2D eigenvalue weighted by Crippen LogP contribution is 2.49. The molecule has 0 bridgehead atoms. The molecule has 1 unspecified atom stereocenters. The fourth-order valence-corrected chi connectivity index (χ4v) is 3.58. The molecule has 1 heterocycles. The van der Waals surface area contributed by atoms with Crippen molar-refractivity contribution in [3.05, 3.63) is 42.5 Å². The molecule has 0 saturated heterocycles. The number of aliphatic carboxylic acids is 1. The number of anilines is 3. The van der Waals surface area contributed by atoms with Crippen molar-refractivity contribution >= 4 is 41.2 Å². The molecule has 5 nitrogen and oxygen atoms in total. The van der Waals surface area contributed by atoms with Gasteiger partial charge in [0.1, 0.15) is 6.04 Å². The van der Waals surface area contributed by atoms with Crippen LogP contribution in [0.4, 0.5) is 17.1 Å². The van der Waals surface area contributed by atoms with Crippen LogP contribution < -0.4 is 10.2 Å². The molecule has 112 valence electrons. The van der Waals surface area contributed by atoms with Gasteiger partial charge in [0.25, 0.3) is 0 Å². The normalized spacial score (nSPS) is 13.8. The second-order valence-corrected chi connectivity index (χ2v) is 5.98. The van der Waals surface area contributed by atoms with Gasteiger partial charge in [-0.3, -0.25) is 4.79 Å². The molecule has 1 atom stereocenters. The zero-order valence-electron chi connectivity index (χ0n) is 11.8. The average molecular weight is 314 g/mol.